The summed E-state index contributed by atoms with van der Waals surface area (Å²) in [6, 6.07) is 11.0. The Morgan fingerprint density at radius 2 is 1.73 bits per heavy atom. The van der Waals surface area contributed by atoms with Crippen molar-refractivity contribution in [2.45, 2.75) is 25.3 Å². The van der Waals surface area contributed by atoms with Crippen LogP contribution >= 0.6 is 0 Å². The van der Waals surface area contributed by atoms with Crippen LogP contribution in [0.4, 0.5) is 5.69 Å². The molecule has 1 saturated carbocycles. The molecule has 0 radical (unpaired) electrons. The van der Waals surface area contributed by atoms with E-state index in [-0.39, 0.29) is 11.8 Å². The summed E-state index contributed by atoms with van der Waals surface area (Å²) in [5.41, 5.74) is 2.19. The first-order valence-corrected chi connectivity index (χ1v) is 7.30. The first-order valence-electron chi connectivity index (χ1n) is 7.30. The van der Waals surface area contributed by atoms with Crippen molar-refractivity contribution in [1.82, 2.24) is 10.3 Å². The Hall–Kier alpha value is -2.69. The highest BCUT2D eigenvalue weighted by molar-refractivity contribution is 6.04. The average molecular weight is 295 g/mol. The van der Waals surface area contributed by atoms with Crippen molar-refractivity contribution in [3.05, 3.63) is 59.9 Å². The van der Waals surface area contributed by atoms with Gasteiger partial charge < -0.3 is 10.6 Å². The molecule has 22 heavy (non-hydrogen) atoms. The van der Waals surface area contributed by atoms with Crippen LogP contribution in [-0.4, -0.2) is 22.8 Å². The molecule has 0 aliphatic heterocycles. The van der Waals surface area contributed by atoms with Crippen LogP contribution in [0.1, 0.15) is 28.8 Å². The van der Waals surface area contributed by atoms with Crippen molar-refractivity contribution in [2.75, 3.05) is 5.32 Å². The van der Waals surface area contributed by atoms with E-state index in [9.17, 15) is 9.59 Å². The smallest absolute Gasteiger partial charge is 0.255 e. The van der Waals surface area contributed by atoms with Crippen LogP contribution in [0.2, 0.25) is 0 Å². The Bertz CT molecular complexity index is 664. The minimum atomic E-state index is -0.179. The number of nitrogens with one attached hydrogen (secondary N) is 2. The van der Waals surface area contributed by atoms with Gasteiger partial charge in [-0.1, -0.05) is 12.1 Å². The van der Waals surface area contributed by atoms with E-state index in [1.54, 1.807) is 36.7 Å². The third kappa shape index (κ3) is 3.91. The van der Waals surface area contributed by atoms with E-state index in [1.807, 2.05) is 12.1 Å². The Morgan fingerprint density at radius 1 is 1.05 bits per heavy atom. The summed E-state index contributed by atoms with van der Waals surface area (Å²) < 4.78 is 0. The topological polar surface area (TPSA) is 71.1 Å². The van der Waals surface area contributed by atoms with Gasteiger partial charge in [-0.3, -0.25) is 14.6 Å². The van der Waals surface area contributed by atoms with Crippen LogP contribution in [0.5, 0.6) is 0 Å². The molecule has 1 aromatic carbocycles. The van der Waals surface area contributed by atoms with Gasteiger partial charge in [0, 0.05) is 29.7 Å². The SMILES string of the molecule is O=C(Cc1ccc(NC(=O)c2ccncc2)cc1)NC1CC1. The number of hydrogen-bond acceptors (Lipinski definition) is 3. The highest BCUT2D eigenvalue weighted by atomic mass is 16.2. The second kappa shape index (κ2) is 6.39. The van der Waals surface area contributed by atoms with Gasteiger partial charge in [-0.25, -0.2) is 0 Å². The number of nitrogens with zero attached hydrogens (tertiary/aromatic N) is 1. The molecule has 112 valence electrons. The number of pyridine rings is 1. The van der Waals surface area contributed by atoms with Crippen LogP contribution in [0, 0.1) is 0 Å². The molecule has 0 saturated heterocycles. The molecular weight excluding hydrogens is 278 g/mol. The standard InChI is InChI=1S/C17H17N3O2/c21-16(19-14-5-6-14)11-12-1-3-15(4-2-12)20-17(22)13-7-9-18-10-8-13/h1-4,7-10,14H,5-6,11H2,(H,19,21)(H,20,22). The lowest BCUT2D eigenvalue weighted by atomic mass is 10.1. The number of benzene rings is 1. The molecule has 0 unspecified atom stereocenters. The lowest BCUT2D eigenvalue weighted by molar-refractivity contribution is -0.120. The number of carbonyl (C=O) groups excluding carboxylic acids is 2. The molecule has 1 fully saturated rings. The molecule has 1 aromatic heterocycles. The normalized spacial score (nSPS) is 13.5. The average Bonchev–Trinajstić information content (AvgIpc) is 3.34. The van der Waals surface area contributed by atoms with Crippen molar-refractivity contribution in [2.24, 2.45) is 0 Å². The van der Waals surface area contributed by atoms with Gasteiger partial charge in [-0.05, 0) is 42.7 Å². The number of amides is 2. The van der Waals surface area contributed by atoms with Gasteiger partial charge >= 0.3 is 0 Å². The van der Waals surface area contributed by atoms with E-state index in [1.165, 1.54) is 0 Å². The highest BCUT2D eigenvalue weighted by Gasteiger charge is 2.22. The van der Waals surface area contributed by atoms with E-state index >= 15 is 0 Å². The van der Waals surface area contributed by atoms with E-state index in [0.29, 0.717) is 23.7 Å². The zero-order valence-corrected chi connectivity index (χ0v) is 12.1. The van der Waals surface area contributed by atoms with Crippen LogP contribution in [0.15, 0.2) is 48.8 Å². The number of anilines is 1. The zero-order chi connectivity index (χ0) is 15.4. The molecule has 1 aliphatic carbocycles. The third-order valence-electron chi connectivity index (χ3n) is 3.46. The van der Waals surface area contributed by atoms with Gasteiger partial charge in [0.05, 0.1) is 6.42 Å². The molecule has 2 amide bonds. The maximum absolute atomic E-state index is 12.0. The van der Waals surface area contributed by atoms with E-state index in [2.05, 4.69) is 15.6 Å². The monoisotopic (exact) mass is 295 g/mol. The molecule has 0 bridgehead atoms. The Labute approximate surface area is 128 Å². The predicted molar refractivity (Wildman–Crippen MR) is 83.5 cm³/mol. The second-order valence-electron chi connectivity index (χ2n) is 5.41. The first-order chi connectivity index (χ1) is 10.7. The van der Waals surface area contributed by atoms with E-state index < -0.39 is 0 Å². The van der Waals surface area contributed by atoms with Crippen molar-refractivity contribution >= 4 is 17.5 Å². The predicted octanol–water partition coefficient (Wildman–Crippen LogP) is 2.16. The molecular formula is C17H17N3O2. The van der Waals surface area contributed by atoms with Crippen LogP contribution in [0.25, 0.3) is 0 Å². The van der Waals surface area contributed by atoms with Gasteiger partial charge in [0.1, 0.15) is 0 Å². The van der Waals surface area contributed by atoms with Crippen LogP contribution in [0.3, 0.4) is 0 Å². The highest BCUT2D eigenvalue weighted by Crippen LogP contribution is 2.19. The summed E-state index contributed by atoms with van der Waals surface area (Å²) in [5, 5.41) is 5.77. The van der Waals surface area contributed by atoms with Crippen molar-refractivity contribution in [3.8, 4) is 0 Å². The van der Waals surface area contributed by atoms with Crippen LogP contribution < -0.4 is 10.6 Å². The molecule has 3 rings (SSSR count). The van der Waals surface area contributed by atoms with Crippen LogP contribution in [-0.2, 0) is 11.2 Å². The fraction of sp³-hybridized carbons (Fsp3) is 0.235. The molecule has 5 nitrogen and oxygen atoms in total. The Morgan fingerprint density at radius 3 is 2.36 bits per heavy atom. The number of aromatic nitrogens is 1. The molecule has 1 aliphatic rings. The summed E-state index contributed by atoms with van der Waals surface area (Å²) in [6.45, 7) is 0. The second-order valence-corrected chi connectivity index (χ2v) is 5.41. The van der Waals surface area contributed by atoms with E-state index in [4.69, 9.17) is 0 Å². The maximum Gasteiger partial charge on any atom is 0.255 e. The van der Waals surface area contributed by atoms with Crippen molar-refractivity contribution < 1.29 is 9.59 Å². The maximum atomic E-state index is 12.0. The fourth-order valence-corrected chi connectivity index (χ4v) is 2.10. The zero-order valence-electron chi connectivity index (χ0n) is 12.1. The molecule has 0 atom stereocenters. The summed E-state index contributed by atoms with van der Waals surface area (Å²) in [6.07, 6.45) is 5.71. The van der Waals surface area contributed by atoms with Gasteiger partial charge in [0.25, 0.3) is 5.91 Å². The first kappa shape index (κ1) is 14.3. The number of hydrogen-bond donors (Lipinski definition) is 2. The molecule has 1 heterocycles. The molecule has 5 heteroatoms. The largest absolute Gasteiger partial charge is 0.353 e. The third-order valence-corrected chi connectivity index (χ3v) is 3.46. The summed E-state index contributed by atoms with van der Waals surface area (Å²) >= 11 is 0. The molecule has 0 spiro atoms. The lowest BCUT2D eigenvalue weighted by Crippen LogP contribution is -2.26. The quantitative estimate of drug-likeness (QED) is 0.888. The summed E-state index contributed by atoms with van der Waals surface area (Å²) in [5.74, 6) is -0.127. The summed E-state index contributed by atoms with van der Waals surface area (Å²) in [4.78, 5) is 27.6. The van der Waals surface area contributed by atoms with Crippen molar-refractivity contribution in [3.63, 3.8) is 0 Å². The van der Waals surface area contributed by atoms with Gasteiger partial charge in [-0.2, -0.15) is 0 Å². The fourth-order valence-electron chi connectivity index (χ4n) is 2.10. The molecule has 2 aromatic rings. The Balaban J connectivity index is 1.56. The van der Waals surface area contributed by atoms with Crippen molar-refractivity contribution in [1.29, 1.82) is 0 Å². The molecule has 2 N–H and O–H groups in total. The van der Waals surface area contributed by atoms with E-state index in [0.717, 1.165) is 18.4 Å². The number of carbonyl (C=O) groups is 2. The summed E-state index contributed by atoms with van der Waals surface area (Å²) in [7, 11) is 0. The van der Waals surface area contributed by atoms with Gasteiger partial charge in [0.15, 0.2) is 0 Å². The van der Waals surface area contributed by atoms with Gasteiger partial charge in [0.2, 0.25) is 5.91 Å². The lowest BCUT2D eigenvalue weighted by Gasteiger charge is -2.07. The van der Waals surface area contributed by atoms with Gasteiger partial charge in [-0.15, -0.1) is 0 Å². The number of rotatable bonds is 5. The Kier molecular flexibility index (Phi) is 4.14. The minimum absolute atomic E-state index is 0.0519. The minimum Gasteiger partial charge on any atom is -0.353 e.